The van der Waals surface area contributed by atoms with Crippen LogP contribution < -0.4 is 0 Å². The highest BCUT2D eigenvalue weighted by Gasteiger charge is 2.42. The first-order valence-corrected chi connectivity index (χ1v) is 11.2. The van der Waals surface area contributed by atoms with Gasteiger partial charge in [-0.15, -0.1) is 0 Å². The number of carbonyl (C=O) groups is 2. The van der Waals surface area contributed by atoms with Crippen molar-refractivity contribution in [3.05, 3.63) is 74.9 Å². The summed E-state index contributed by atoms with van der Waals surface area (Å²) < 4.78 is 0. The van der Waals surface area contributed by atoms with Crippen molar-refractivity contribution in [2.45, 2.75) is 20.4 Å². The lowest BCUT2D eigenvalue weighted by atomic mass is 10.0. The largest absolute Gasteiger partial charge is 0.364 e. The van der Waals surface area contributed by atoms with Crippen LogP contribution in [0, 0.1) is 6.92 Å². The van der Waals surface area contributed by atoms with E-state index in [2.05, 4.69) is 11.8 Å². The Balaban J connectivity index is 1.73. The average Bonchev–Trinajstić information content (AvgIpc) is 3.00. The molecule has 2 amide bonds. The molecule has 0 unspecified atom stereocenters. The number of carbonyl (C=O) groups excluding carboxylic acids is 2. The van der Waals surface area contributed by atoms with Gasteiger partial charge >= 0.3 is 0 Å². The highest BCUT2D eigenvalue weighted by Crippen LogP contribution is 2.37. The zero-order chi connectivity index (χ0) is 22.1. The molecule has 2 aromatic rings. The van der Waals surface area contributed by atoms with Crippen LogP contribution in [0.3, 0.4) is 0 Å². The van der Waals surface area contributed by atoms with Gasteiger partial charge in [-0.2, -0.15) is 0 Å². The topological polar surface area (TPSA) is 43.9 Å². The van der Waals surface area contributed by atoms with Crippen LogP contribution in [0.1, 0.15) is 23.6 Å². The van der Waals surface area contributed by atoms with Gasteiger partial charge in [0.1, 0.15) is 5.70 Å². The van der Waals surface area contributed by atoms with Gasteiger partial charge in [-0.1, -0.05) is 66.0 Å². The summed E-state index contributed by atoms with van der Waals surface area (Å²) in [4.78, 5) is 32.7. The maximum atomic E-state index is 13.5. The third-order valence-corrected chi connectivity index (χ3v) is 6.49. The number of rotatable bonds is 5. The number of nitrogens with zero attached hydrogens (tertiary/aromatic N) is 3. The molecule has 0 radical (unpaired) electrons. The standard InChI is InChI=1S/C24H25Cl2N3O2/c1-3-27-10-12-28(13-11-27)22-21(19-9-8-18(25)14-20(19)26)23(30)29(24(22)31)15-17-6-4-16(2)5-7-17/h4-9,14H,3,10-13,15H2,1-2H3. The van der Waals surface area contributed by atoms with E-state index in [0.29, 0.717) is 40.0 Å². The molecule has 0 saturated carbocycles. The van der Waals surface area contributed by atoms with Gasteiger partial charge < -0.3 is 9.80 Å². The normalized spacial score (nSPS) is 17.8. The first-order valence-electron chi connectivity index (χ1n) is 10.5. The van der Waals surface area contributed by atoms with E-state index >= 15 is 0 Å². The van der Waals surface area contributed by atoms with E-state index < -0.39 is 0 Å². The second-order valence-electron chi connectivity index (χ2n) is 7.95. The fraction of sp³-hybridized carbons (Fsp3) is 0.333. The van der Waals surface area contributed by atoms with Crippen LogP contribution in [0.4, 0.5) is 0 Å². The molecule has 0 N–H and O–H groups in total. The zero-order valence-electron chi connectivity index (χ0n) is 17.7. The Morgan fingerprint density at radius 2 is 1.58 bits per heavy atom. The SMILES string of the molecule is CCN1CCN(C2=C(c3ccc(Cl)cc3Cl)C(=O)N(Cc3ccc(C)cc3)C2=O)CC1. The lowest BCUT2D eigenvalue weighted by molar-refractivity contribution is -0.138. The van der Waals surface area contributed by atoms with Crippen molar-refractivity contribution in [1.82, 2.24) is 14.7 Å². The first kappa shape index (κ1) is 21.9. The number of piperazine rings is 1. The molecule has 1 saturated heterocycles. The van der Waals surface area contributed by atoms with Gasteiger partial charge in [0.15, 0.2) is 0 Å². The van der Waals surface area contributed by atoms with Crippen molar-refractivity contribution in [2.75, 3.05) is 32.7 Å². The summed E-state index contributed by atoms with van der Waals surface area (Å²) in [6, 6.07) is 12.9. The lowest BCUT2D eigenvalue weighted by Gasteiger charge is -2.36. The van der Waals surface area contributed by atoms with Crippen LogP contribution in [-0.4, -0.2) is 59.2 Å². The molecule has 4 rings (SSSR count). The van der Waals surface area contributed by atoms with Crippen molar-refractivity contribution in [3.63, 3.8) is 0 Å². The van der Waals surface area contributed by atoms with Gasteiger partial charge in [0.2, 0.25) is 0 Å². The molecule has 5 nitrogen and oxygen atoms in total. The summed E-state index contributed by atoms with van der Waals surface area (Å²) in [5.41, 5.74) is 3.39. The molecule has 1 fully saturated rings. The summed E-state index contributed by atoms with van der Waals surface area (Å²) in [7, 11) is 0. The monoisotopic (exact) mass is 457 g/mol. The minimum absolute atomic E-state index is 0.227. The molecule has 162 valence electrons. The van der Waals surface area contributed by atoms with Crippen LogP contribution in [0.2, 0.25) is 10.0 Å². The predicted octanol–water partition coefficient (Wildman–Crippen LogP) is 4.22. The number of aryl methyl sites for hydroxylation is 1. The second kappa shape index (κ2) is 9.03. The molecule has 0 aromatic heterocycles. The van der Waals surface area contributed by atoms with Gasteiger partial charge in [-0.05, 0) is 31.2 Å². The maximum absolute atomic E-state index is 13.5. The van der Waals surface area contributed by atoms with E-state index in [0.717, 1.165) is 30.8 Å². The molecule has 0 spiro atoms. The summed E-state index contributed by atoms with van der Waals surface area (Å²) in [5, 5.41) is 0.853. The van der Waals surface area contributed by atoms with Gasteiger partial charge in [0, 0.05) is 36.8 Å². The fourth-order valence-electron chi connectivity index (χ4n) is 4.10. The van der Waals surface area contributed by atoms with E-state index in [4.69, 9.17) is 23.2 Å². The van der Waals surface area contributed by atoms with Crippen LogP contribution >= 0.6 is 23.2 Å². The molecule has 7 heteroatoms. The van der Waals surface area contributed by atoms with E-state index in [-0.39, 0.29) is 18.4 Å². The van der Waals surface area contributed by atoms with E-state index in [1.807, 2.05) is 36.1 Å². The molecule has 0 aliphatic carbocycles. The van der Waals surface area contributed by atoms with Crippen LogP contribution in [0.15, 0.2) is 48.2 Å². The molecule has 0 bridgehead atoms. The molecule has 2 aromatic carbocycles. The van der Waals surface area contributed by atoms with Crippen molar-refractivity contribution < 1.29 is 9.59 Å². The molecule has 2 aliphatic rings. The first-order chi connectivity index (χ1) is 14.9. The number of likely N-dealkylation sites (N-methyl/N-ethyl adjacent to an activating group) is 1. The third kappa shape index (κ3) is 4.36. The Morgan fingerprint density at radius 3 is 2.19 bits per heavy atom. The average molecular weight is 458 g/mol. The molecule has 2 heterocycles. The van der Waals surface area contributed by atoms with Crippen molar-refractivity contribution in [3.8, 4) is 0 Å². The molecule has 0 atom stereocenters. The number of hydrogen-bond donors (Lipinski definition) is 0. The Labute approximate surface area is 192 Å². The van der Waals surface area contributed by atoms with E-state index in [9.17, 15) is 9.59 Å². The van der Waals surface area contributed by atoms with Crippen LogP contribution in [0.25, 0.3) is 5.57 Å². The van der Waals surface area contributed by atoms with Gasteiger partial charge in [-0.25, -0.2) is 0 Å². The minimum Gasteiger partial charge on any atom is -0.364 e. The predicted molar refractivity (Wildman–Crippen MR) is 124 cm³/mol. The Morgan fingerprint density at radius 1 is 0.903 bits per heavy atom. The van der Waals surface area contributed by atoms with Crippen molar-refractivity contribution in [2.24, 2.45) is 0 Å². The van der Waals surface area contributed by atoms with Crippen LogP contribution in [-0.2, 0) is 16.1 Å². The number of benzene rings is 2. The minimum atomic E-state index is -0.317. The second-order valence-corrected chi connectivity index (χ2v) is 8.79. The van der Waals surface area contributed by atoms with Gasteiger partial charge in [0.25, 0.3) is 11.8 Å². The highest BCUT2D eigenvalue weighted by atomic mass is 35.5. The summed E-state index contributed by atoms with van der Waals surface area (Å²) in [5.74, 6) is -0.584. The Hall–Kier alpha value is -2.34. The third-order valence-electron chi connectivity index (χ3n) is 5.94. The zero-order valence-corrected chi connectivity index (χ0v) is 19.2. The Kier molecular flexibility index (Phi) is 6.37. The smallest absolute Gasteiger partial charge is 0.278 e. The van der Waals surface area contributed by atoms with Crippen LogP contribution in [0.5, 0.6) is 0 Å². The van der Waals surface area contributed by atoms with Gasteiger partial charge in [-0.3, -0.25) is 14.5 Å². The molecule has 2 aliphatic heterocycles. The van der Waals surface area contributed by atoms with E-state index in [1.165, 1.54) is 4.90 Å². The van der Waals surface area contributed by atoms with E-state index in [1.54, 1.807) is 18.2 Å². The fourth-order valence-corrected chi connectivity index (χ4v) is 4.60. The number of imide groups is 1. The summed E-state index contributed by atoms with van der Waals surface area (Å²) in [6.45, 7) is 8.40. The summed E-state index contributed by atoms with van der Waals surface area (Å²) in [6.07, 6.45) is 0. The molecule has 31 heavy (non-hydrogen) atoms. The Bertz CT molecular complexity index is 1040. The maximum Gasteiger partial charge on any atom is 0.278 e. The molecular weight excluding hydrogens is 433 g/mol. The van der Waals surface area contributed by atoms with Crippen molar-refractivity contribution in [1.29, 1.82) is 0 Å². The lowest BCUT2D eigenvalue weighted by Crippen LogP contribution is -2.47. The number of hydrogen-bond acceptors (Lipinski definition) is 4. The molecular formula is C24H25Cl2N3O2. The number of amides is 2. The highest BCUT2D eigenvalue weighted by molar-refractivity contribution is 6.41. The number of halogens is 2. The van der Waals surface area contributed by atoms with Gasteiger partial charge in [0.05, 0.1) is 17.1 Å². The summed E-state index contributed by atoms with van der Waals surface area (Å²) >= 11 is 12.5. The quantitative estimate of drug-likeness (QED) is 0.630. The van der Waals surface area contributed by atoms with Crippen molar-refractivity contribution >= 4 is 40.6 Å².